The van der Waals surface area contributed by atoms with Crippen LogP contribution in [0.3, 0.4) is 0 Å². The molecule has 0 aromatic rings. The quantitative estimate of drug-likeness (QED) is 0.0528. The van der Waals surface area contributed by atoms with Gasteiger partial charge in [0.15, 0.2) is 6.29 Å². The van der Waals surface area contributed by atoms with Crippen LogP contribution in [-0.4, -0.2) is 107 Å². The molecule has 0 aliphatic carbocycles. The van der Waals surface area contributed by atoms with Gasteiger partial charge in [0.25, 0.3) is 0 Å². The molecule has 262 valence electrons. The lowest BCUT2D eigenvalue weighted by atomic mass is 9.99. The van der Waals surface area contributed by atoms with Crippen LogP contribution in [0, 0.1) is 0 Å². The molecule has 1 fully saturated rings. The molecule has 1 rings (SSSR count). The molecule has 1 aliphatic rings. The number of aliphatic hydroxyl groups is 5. The van der Waals surface area contributed by atoms with E-state index < -0.39 is 78.5 Å². The fourth-order valence-electron chi connectivity index (χ4n) is 5.29. The maximum absolute atomic E-state index is 12.8. The number of hydrogen-bond acceptors (Lipinski definition) is 11. The molecule has 13 nitrogen and oxygen atoms in total. The third-order valence-corrected chi connectivity index (χ3v) is 8.49. The Kier molecular flexibility index (Phi) is 21.8. The van der Waals surface area contributed by atoms with Gasteiger partial charge in [0, 0.05) is 0 Å². The summed E-state index contributed by atoms with van der Waals surface area (Å²) in [7, 11) is -5.09. The molecule has 0 aromatic heterocycles. The molecule has 14 heteroatoms. The molecule has 1 aliphatic heterocycles. The normalized spacial score (nSPS) is 24.6. The van der Waals surface area contributed by atoms with Crippen molar-refractivity contribution in [3.8, 4) is 0 Å². The molecule has 8 unspecified atom stereocenters. The van der Waals surface area contributed by atoms with Crippen LogP contribution in [0.5, 0.6) is 0 Å². The lowest BCUT2D eigenvalue weighted by Gasteiger charge is -2.41. The molecule has 1 heterocycles. The minimum atomic E-state index is -5.09. The van der Waals surface area contributed by atoms with E-state index in [1.165, 1.54) is 51.4 Å². The lowest BCUT2D eigenvalue weighted by Crippen LogP contribution is -2.61. The maximum atomic E-state index is 12.8. The van der Waals surface area contributed by atoms with E-state index in [4.69, 9.17) is 14.0 Å². The first kappa shape index (κ1) is 41.1. The molecule has 0 saturated carbocycles. The van der Waals surface area contributed by atoms with Crippen molar-refractivity contribution in [1.29, 1.82) is 0 Å². The third kappa shape index (κ3) is 17.1. The Labute approximate surface area is 263 Å². The highest BCUT2D eigenvalue weighted by molar-refractivity contribution is 7.80. The SMILES string of the molecule is CCCCCCCCCCCCCCC(O)C(=O)NC(COC1OC(CO)C(O)C(OS(=O)(=O)O)C1O)C(O)CCCCC. The number of carbonyl (C=O) groups is 1. The van der Waals surface area contributed by atoms with E-state index >= 15 is 0 Å². The van der Waals surface area contributed by atoms with Gasteiger partial charge in [-0.05, 0) is 12.8 Å². The van der Waals surface area contributed by atoms with E-state index in [0.29, 0.717) is 19.3 Å². The molecule has 1 saturated heterocycles. The summed E-state index contributed by atoms with van der Waals surface area (Å²) in [5, 5.41) is 54.1. The summed E-state index contributed by atoms with van der Waals surface area (Å²) in [6, 6.07) is -1.02. The number of nitrogens with one attached hydrogen (secondary N) is 1. The zero-order valence-corrected chi connectivity index (χ0v) is 27.4. The number of amides is 1. The number of unbranched alkanes of at least 4 members (excludes halogenated alkanes) is 13. The van der Waals surface area contributed by atoms with Crippen LogP contribution in [0.1, 0.15) is 123 Å². The van der Waals surface area contributed by atoms with E-state index in [0.717, 1.165) is 32.1 Å². The summed E-state index contributed by atoms with van der Waals surface area (Å²) < 4.78 is 46.8. The van der Waals surface area contributed by atoms with Crippen molar-refractivity contribution in [3.05, 3.63) is 0 Å². The van der Waals surface area contributed by atoms with Crippen molar-refractivity contribution in [2.45, 2.75) is 172 Å². The van der Waals surface area contributed by atoms with Crippen LogP contribution in [-0.2, 0) is 28.9 Å². The second-order valence-electron chi connectivity index (χ2n) is 11.9. The zero-order chi connectivity index (χ0) is 33.0. The van der Waals surface area contributed by atoms with Gasteiger partial charge in [0.05, 0.1) is 25.4 Å². The predicted octanol–water partition coefficient (Wildman–Crippen LogP) is 2.51. The second-order valence-corrected chi connectivity index (χ2v) is 12.9. The highest BCUT2D eigenvalue weighted by Crippen LogP contribution is 2.26. The van der Waals surface area contributed by atoms with Crippen molar-refractivity contribution in [1.82, 2.24) is 5.32 Å². The highest BCUT2D eigenvalue weighted by Gasteiger charge is 2.48. The molecule has 0 aromatic carbocycles. The number of carbonyl (C=O) groups excluding carboxylic acids is 1. The smallest absolute Gasteiger partial charge is 0.394 e. The molecule has 8 atom stereocenters. The molecule has 0 radical (unpaired) electrons. The van der Waals surface area contributed by atoms with Gasteiger partial charge in [0.2, 0.25) is 5.91 Å². The number of aliphatic hydroxyl groups excluding tert-OH is 5. The monoisotopic (exact) mass is 657 g/mol. The summed E-state index contributed by atoms with van der Waals surface area (Å²) in [5.74, 6) is -0.683. The standard InChI is InChI=1S/C30H59NO12S/c1-3-5-7-8-9-10-11-12-13-14-15-17-19-24(34)29(37)31-22(23(33)18-16-6-4-2)21-41-30-27(36)28(43-44(38,39)40)26(35)25(20-32)42-30/h22-28,30,32-36H,3-21H2,1-2H3,(H,31,37)(H,38,39,40). The fraction of sp³-hybridized carbons (Fsp3) is 0.967. The van der Waals surface area contributed by atoms with Gasteiger partial charge < -0.3 is 40.3 Å². The van der Waals surface area contributed by atoms with Crippen LogP contribution in [0.4, 0.5) is 0 Å². The van der Waals surface area contributed by atoms with Gasteiger partial charge in [-0.15, -0.1) is 0 Å². The van der Waals surface area contributed by atoms with E-state index in [-0.39, 0.29) is 6.42 Å². The first-order valence-corrected chi connectivity index (χ1v) is 17.9. The minimum absolute atomic E-state index is 0.262. The van der Waals surface area contributed by atoms with E-state index in [2.05, 4.69) is 16.4 Å². The summed E-state index contributed by atoms with van der Waals surface area (Å²) in [5.41, 5.74) is 0. The predicted molar refractivity (Wildman–Crippen MR) is 164 cm³/mol. The molecule has 44 heavy (non-hydrogen) atoms. The molecule has 7 N–H and O–H groups in total. The summed E-state index contributed by atoms with van der Waals surface area (Å²) in [6.45, 7) is 3.01. The Balaban J connectivity index is 2.60. The number of hydrogen-bond donors (Lipinski definition) is 7. The van der Waals surface area contributed by atoms with Crippen LogP contribution < -0.4 is 5.32 Å². The molecule has 0 bridgehead atoms. The molecule has 1 amide bonds. The number of rotatable bonds is 26. The first-order valence-electron chi connectivity index (χ1n) is 16.5. The Morgan fingerprint density at radius 1 is 0.818 bits per heavy atom. The van der Waals surface area contributed by atoms with Crippen molar-refractivity contribution in [3.63, 3.8) is 0 Å². The summed E-state index contributed by atoms with van der Waals surface area (Å²) >= 11 is 0. The topological polar surface area (TPSA) is 212 Å². The summed E-state index contributed by atoms with van der Waals surface area (Å²) in [4.78, 5) is 12.8. The fourth-order valence-corrected chi connectivity index (χ4v) is 5.79. The van der Waals surface area contributed by atoms with Gasteiger partial charge in [-0.2, -0.15) is 8.42 Å². The molecular formula is C30H59NO12S. The summed E-state index contributed by atoms with van der Waals surface area (Å²) in [6.07, 6.45) is 5.83. The molecular weight excluding hydrogens is 598 g/mol. The zero-order valence-electron chi connectivity index (χ0n) is 26.6. The van der Waals surface area contributed by atoms with Crippen LogP contribution in [0.2, 0.25) is 0 Å². The van der Waals surface area contributed by atoms with Crippen molar-refractivity contribution >= 4 is 16.3 Å². The largest absolute Gasteiger partial charge is 0.397 e. The Bertz CT molecular complexity index is 848. The Morgan fingerprint density at radius 2 is 1.32 bits per heavy atom. The third-order valence-electron chi connectivity index (χ3n) is 8.02. The second kappa shape index (κ2) is 23.4. The van der Waals surface area contributed by atoms with E-state index in [1.807, 2.05) is 6.92 Å². The maximum Gasteiger partial charge on any atom is 0.397 e. The van der Waals surface area contributed by atoms with Gasteiger partial charge in [0.1, 0.15) is 30.5 Å². The molecule has 0 spiro atoms. The van der Waals surface area contributed by atoms with Crippen molar-refractivity contribution < 1.29 is 57.0 Å². The Hall–Kier alpha value is -0.940. The van der Waals surface area contributed by atoms with Gasteiger partial charge in [-0.25, -0.2) is 4.18 Å². The van der Waals surface area contributed by atoms with Gasteiger partial charge >= 0.3 is 10.4 Å². The average Bonchev–Trinajstić information content (AvgIpc) is 2.98. The van der Waals surface area contributed by atoms with Crippen LogP contribution in [0.25, 0.3) is 0 Å². The van der Waals surface area contributed by atoms with Crippen LogP contribution >= 0.6 is 0 Å². The van der Waals surface area contributed by atoms with Gasteiger partial charge in [-0.3, -0.25) is 9.35 Å². The highest BCUT2D eigenvalue weighted by atomic mass is 32.3. The first-order chi connectivity index (χ1) is 20.9. The van der Waals surface area contributed by atoms with Crippen molar-refractivity contribution in [2.24, 2.45) is 0 Å². The van der Waals surface area contributed by atoms with Crippen LogP contribution in [0.15, 0.2) is 0 Å². The van der Waals surface area contributed by atoms with Gasteiger partial charge in [-0.1, -0.05) is 110 Å². The van der Waals surface area contributed by atoms with E-state index in [1.54, 1.807) is 0 Å². The lowest BCUT2D eigenvalue weighted by molar-refractivity contribution is -0.298. The Morgan fingerprint density at radius 3 is 1.84 bits per heavy atom. The minimum Gasteiger partial charge on any atom is -0.394 e. The average molecular weight is 658 g/mol. The number of ether oxygens (including phenoxy) is 2. The van der Waals surface area contributed by atoms with E-state index in [9.17, 15) is 38.7 Å². The van der Waals surface area contributed by atoms with Crippen molar-refractivity contribution in [2.75, 3.05) is 13.2 Å².